The molecule has 120 valence electrons. The Balaban J connectivity index is 1.81. The first-order valence-electron chi connectivity index (χ1n) is 8.23. The Morgan fingerprint density at radius 1 is 1.18 bits per heavy atom. The van der Waals surface area contributed by atoms with E-state index in [1.54, 1.807) is 0 Å². The van der Waals surface area contributed by atoms with E-state index in [2.05, 4.69) is 11.4 Å². The van der Waals surface area contributed by atoms with Crippen LogP contribution in [0.1, 0.15) is 60.5 Å². The van der Waals surface area contributed by atoms with Crippen LogP contribution in [0.3, 0.4) is 0 Å². The maximum atomic E-state index is 12.2. The van der Waals surface area contributed by atoms with Gasteiger partial charge in [0.1, 0.15) is 0 Å². The zero-order valence-electron chi connectivity index (χ0n) is 13.4. The number of benzene rings is 1. The summed E-state index contributed by atoms with van der Waals surface area (Å²) in [6, 6.07) is 6.08. The predicted octanol–water partition coefficient (Wildman–Crippen LogP) is 2.38. The summed E-state index contributed by atoms with van der Waals surface area (Å²) in [6.07, 6.45) is 5.89. The molecule has 4 heteroatoms. The Kier molecular flexibility index (Phi) is 6.13. The lowest BCUT2D eigenvalue weighted by atomic mass is 9.89. The summed E-state index contributed by atoms with van der Waals surface area (Å²) in [5, 5.41) is 2.80. The number of hydrogen-bond acceptors (Lipinski definition) is 3. The molecule has 0 saturated carbocycles. The lowest BCUT2D eigenvalue weighted by Crippen LogP contribution is -2.29. The number of Topliss-reactive ketones (excluding diaryl/α,β-unsaturated/α-hetero) is 1. The number of carbonyl (C=O) groups is 2. The first kappa shape index (κ1) is 16.7. The van der Waals surface area contributed by atoms with Crippen LogP contribution >= 0.6 is 0 Å². The third-order valence-electron chi connectivity index (χ3n) is 4.17. The normalized spacial score (nSPS) is 15.0. The molecule has 4 nitrogen and oxygen atoms in total. The molecular formula is C18H26N2O2. The van der Waals surface area contributed by atoms with Gasteiger partial charge in [-0.3, -0.25) is 9.59 Å². The number of aryl methyl sites for hydroxylation is 2. The molecule has 3 N–H and O–H groups in total. The number of carbonyl (C=O) groups excluding carboxylic acids is 2. The SMILES string of the molecule is CC(N)CCNC(=O)CCC(=O)c1ccc2c(c1)CCCC2. The molecule has 0 saturated heterocycles. The Bertz CT molecular complexity index is 538. The van der Waals surface area contributed by atoms with E-state index in [-0.39, 0.29) is 30.6 Å². The van der Waals surface area contributed by atoms with Gasteiger partial charge in [0.2, 0.25) is 5.91 Å². The highest BCUT2D eigenvalue weighted by Gasteiger charge is 2.14. The molecule has 2 rings (SSSR count). The molecule has 0 aliphatic heterocycles. The average molecular weight is 302 g/mol. The van der Waals surface area contributed by atoms with Gasteiger partial charge in [-0.15, -0.1) is 0 Å². The Morgan fingerprint density at radius 2 is 1.91 bits per heavy atom. The Morgan fingerprint density at radius 3 is 2.64 bits per heavy atom. The fourth-order valence-electron chi connectivity index (χ4n) is 2.81. The first-order valence-corrected chi connectivity index (χ1v) is 8.23. The van der Waals surface area contributed by atoms with Gasteiger partial charge in [0.15, 0.2) is 5.78 Å². The van der Waals surface area contributed by atoms with Crippen LogP contribution in [0.4, 0.5) is 0 Å². The van der Waals surface area contributed by atoms with Crippen LogP contribution in [-0.2, 0) is 17.6 Å². The summed E-state index contributed by atoms with van der Waals surface area (Å²) >= 11 is 0. The van der Waals surface area contributed by atoms with E-state index < -0.39 is 0 Å². The van der Waals surface area contributed by atoms with Gasteiger partial charge < -0.3 is 11.1 Å². The molecule has 22 heavy (non-hydrogen) atoms. The number of nitrogens with two attached hydrogens (primary N) is 1. The monoisotopic (exact) mass is 302 g/mol. The molecule has 0 heterocycles. The van der Waals surface area contributed by atoms with Crippen molar-refractivity contribution in [2.45, 2.75) is 57.9 Å². The number of amides is 1. The quantitative estimate of drug-likeness (QED) is 0.760. The first-order chi connectivity index (χ1) is 10.6. The summed E-state index contributed by atoms with van der Waals surface area (Å²) in [7, 11) is 0. The topological polar surface area (TPSA) is 72.2 Å². The number of fused-ring (bicyclic) bond motifs is 1. The minimum Gasteiger partial charge on any atom is -0.356 e. The van der Waals surface area contributed by atoms with Crippen molar-refractivity contribution < 1.29 is 9.59 Å². The molecule has 1 amide bonds. The second-order valence-corrected chi connectivity index (χ2v) is 6.23. The summed E-state index contributed by atoms with van der Waals surface area (Å²) in [5.41, 5.74) is 9.04. The maximum absolute atomic E-state index is 12.2. The molecule has 0 fully saturated rings. The van der Waals surface area contributed by atoms with Crippen LogP contribution in [0.25, 0.3) is 0 Å². The molecule has 0 aromatic heterocycles. The summed E-state index contributed by atoms with van der Waals surface area (Å²) in [5.74, 6) is -0.0253. The molecule has 0 spiro atoms. The van der Waals surface area contributed by atoms with Crippen LogP contribution in [0.15, 0.2) is 18.2 Å². The molecule has 0 bridgehead atoms. The minimum atomic E-state index is -0.0769. The Labute approximate surface area is 132 Å². The third-order valence-corrected chi connectivity index (χ3v) is 4.17. The second kappa shape index (κ2) is 8.08. The molecule has 1 aromatic carbocycles. The summed E-state index contributed by atoms with van der Waals surface area (Å²) in [6.45, 7) is 2.48. The van der Waals surface area contributed by atoms with Crippen molar-refractivity contribution in [1.82, 2.24) is 5.32 Å². The number of ketones is 1. The van der Waals surface area contributed by atoms with Crippen molar-refractivity contribution in [2.24, 2.45) is 5.73 Å². The minimum absolute atomic E-state index is 0.0516. The van der Waals surface area contributed by atoms with Crippen molar-refractivity contribution in [3.63, 3.8) is 0 Å². The van der Waals surface area contributed by atoms with E-state index >= 15 is 0 Å². The van der Waals surface area contributed by atoms with Gasteiger partial charge in [0, 0.05) is 31.0 Å². The van der Waals surface area contributed by atoms with Gasteiger partial charge in [0.25, 0.3) is 0 Å². The van der Waals surface area contributed by atoms with Crippen molar-refractivity contribution in [3.05, 3.63) is 34.9 Å². The number of rotatable bonds is 7. The highest BCUT2D eigenvalue weighted by molar-refractivity contribution is 5.98. The van der Waals surface area contributed by atoms with Gasteiger partial charge in [-0.1, -0.05) is 12.1 Å². The molecule has 1 aromatic rings. The summed E-state index contributed by atoms with van der Waals surface area (Å²) < 4.78 is 0. The Hall–Kier alpha value is -1.68. The molecular weight excluding hydrogens is 276 g/mol. The van der Waals surface area contributed by atoms with Crippen LogP contribution in [-0.4, -0.2) is 24.3 Å². The molecule has 1 atom stereocenters. The standard InChI is InChI=1S/C18H26N2O2/c1-13(19)10-11-20-18(22)9-8-17(21)16-7-6-14-4-2-3-5-15(14)12-16/h6-7,12-13H,2-5,8-11,19H2,1H3,(H,20,22). The van der Waals surface area contributed by atoms with E-state index in [4.69, 9.17) is 5.73 Å². The third kappa shape index (κ3) is 4.95. The largest absolute Gasteiger partial charge is 0.356 e. The van der Waals surface area contributed by atoms with Crippen molar-refractivity contribution in [2.75, 3.05) is 6.54 Å². The van der Waals surface area contributed by atoms with E-state index in [1.165, 1.54) is 24.0 Å². The smallest absolute Gasteiger partial charge is 0.220 e. The van der Waals surface area contributed by atoms with Gasteiger partial charge >= 0.3 is 0 Å². The number of nitrogens with one attached hydrogen (secondary N) is 1. The average Bonchev–Trinajstić information content (AvgIpc) is 2.51. The highest BCUT2D eigenvalue weighted by Crippen LogP contribution is 2.22. The predicted molar refractivity (Wildman–Crippen MR) is 87.9 cm³/mol. The van der Waals surface area contributed by atoms with Crippen LogP contribution in [0.5, 0.6) is 0 Å². The van der Waals surface area contributed by atoms with Gasteiger partial charge in [-0.05, 0) is 56.2 Å². The van der Waals surface area contributed by atoms with Crippen LogP contribution in [0, 0.1) is 0 Å². The molecule has 1 aliphatic rings. The van der Waals surface area contributed by atoms with Crippen molar-refractivity contribution in [1.29, 1.82) is 0 Å². The highest BCUT2D eigenvalue weighted by atomic mass is 16.2. The van der Waals surface area contributed by atoms with E-state index in [0.717, 1.165) is 24.8 Å². The van der Waals surface area contributed by atoms with Crippen LogP contribution < -0.4 is 11.1 Å². The van der Waals surface area contributed by atoms with Gasteiger partial charge in [-0.2, -0.15) is 0 Å². The van der Waals surface area contributed by atoms with Crippen LogP contribution in [0.2, 0.25) is 0 Å². The van der Waals surface area contributed by atoms with Crippen molar-refractivity contribution >= 4 is 11.7 Å². The van der Waals surface area contributed by atoms with Crippen molar-refractivity contribution in [3.8, 4) is 0 Å². The second-order valence-electron chi connectivity index (χ2n) is 6.23. The maximum Gasteiger partial charge on any atom is 0.220 e. The number of hydrogen-bond donors (Lipinski definition) is 2. The van der Waals surface area contributed by atoms with E-state index in [9.17, 15) is 9.59 Å². The summed E-state index contributed by atoms with van der Waals surface area (Å²) in [4.78, 5) is 23.9. The van der Waals surface area contributed by atoms with E-state index in [1.807, 2.05) is 19.1 Å². The molecule has 0 radical (unpaired) electrons. The molecule has 1 aliphatic carbocycles. The zero-order valence-corrected chi connectivity index (χ0v) is 13.4. The fourth-order valence-corrected chi connectivity index (χ4v) is 2.81. The molecule has 1 unspecified atom stereocenters. The fraction of sp³-hybridized carbons (Fsp3) is 0.556. The lowest BCUT2D eigenvalue weighted by molar-refractivity contribution is -0.121. The lowest BCUT2D eigenvalue weighted by Gasteiger charge is -2.16. The zero-order chi connectivity index (χ0) is 15.9. The van der Waals surface area contributed by atoms with E-state index in [0.29, 0.717) is 6.54 Å². The van der Waals surface area contributed by atoms with Gasteiger partial charge in [-0.25, -0.2) is 0 Å². The van der Waals surface area contributed by atoms with Gasteiger partial charge in [0.05, 0.1) is 0 Å².